The first kappa shape index (κ1) is 14.3. The van der Waals surface area contributed by atoms with E-state index in [4.69, 9.17) is 15.3 Å². The first-order valence-electron chi connectivity index (χ1n) is 5.46. The Bertz CT molecular complexity index is 154. The number of carbonyl (C=O) groups excluding carboxylic acids is 1. The molecule has 0 aliphatic heterocycles. The molecule has 1 amide bonds. The van der Waals surface area contributed by atoms with E-state index in [1.807, 2.05) is 0 Å². The Morgan fingerprint density at radius 3 is 2.40 bits per heavy atom. The van der Waals surface area contributed by atoms with Crippen molar-refractivity contribution in [3.05, 3.63) is 0 Å². The van der Waals surface area contributed by atoms with Crippen molar-refractivity contribution in [1.82, 2.24) is 5.43 Å². The van der Waals surface area contributed by atoms with Crippen LogP contribution in [-0.2, 0) is 14.3 Å². The number of rotatable bonds is 10. The SMILES string of the molecule is CCCOCCOCCCCC(=O)NN. The van der Waals surface area contributed by atoms with Gasteiger partial charge in [0, 0.05) is 19.6 Å². The second kappa shape index (κ2) is 11.4. The van der Waals surface area contributed by atoms with E-state index >= 15 is 0 Å². The Kier molecular flexibility index (Phi) is 10.9. The Morgan fingerprint density at radius 2 is 1.80 bits per heavy atom. The first-order chi connectivity index (χ1) is 7.31. The van der Waals surface area contributed by atoms with Crippen LogP contribution >= 0.6 is 0 Å². The normalized spacial score (nSPS) is 10.3. The molecule has 0 aromatic heterocycles. The van der Waals surface area contributed by atoms with E-state index in [9.17, 15) is 4.79 Å². The van der Waals surface area contributed by atoms with Crippen molar-refractivity contribution >= 4 is 5.91 Å². The molecule has 0 unspecified atom stereocenters. The highest BCUT2D eigenvalue weighted by molar-refractivity contribution is 5.74. The van der Waals surface area contributed by atoms with E-state index in [-0.39, 0.29) is 5.91 Å². The number of ether oxygens (including phenoxy) is 2. The summed E-state index contributed by atoms with van der Waals surface area (Å²) in [6.45, 7) is 4.82. The molecule has 0 aromatic rings. The molecule has 0 rings (SSSR count). The zero-order valence-corrected chi connectivity index (χ0v) is 9.46. The molecule has 0 bridgehead atoms. The lowest BCUT2D eigenvalue weighted by atomic mass is 10.2. The first-order valence-corrected chi connectivity index (χ1v) is 5.46. The molecule has 0 fully saturated rings. The number of nitrogens with one attached hydrogen (secondary N) is 1. The molecular formula is C10H22N2O3. The summed E-state index contributed by atoms with van der Waals surface area (Å²) < 4.78 is 10.5. The van der Waals surface area contributed by atoms with Crippen molar-refractivity contribution in [2.45, 2.75) is 32.6 Å². The summed E-state index contributed by atoms with van der Waals surface area (Å²) >= 11 is 0. The van der Waals surface area contributed by atoms with Crippen LogP contribution in [0, 0.1) is 0 Å². The van der Waals surface area contributed by atoms with Crippen LogP contribution in [0.15, 0.2) is 0 Å². The third kappa shape index (κ3) is 11.3. The second-order valence-corrected chi connectivity index (χ2v) is 3.25. The van der Waals surface area contributed by atoms with Crippen LogP contribution < -0.4 is 11.3 Å². The lowest BCUT2D eigenvalue weighted by Crippen LogP contribution is -2.29. The summed E-state index contributed by atoms with van der Waals surface area (Å²) in [6, 6.07) is 0. The number of hydrogen-bond donors (Lipinski definition) is 2. The molecule has 90 valence electrons. The van der Waals surface area contributed by atoms with Crippen molar-refractivity contribution < 1.29 is 14.3 Å². The van der Waals surface area contributed by atoms with Gasteiger partial charge in [-0.15, -0.1) is 0 Å². The Morgan fingerprint density at radius 1 is 1.13 bits per heavy atom. The highest BCUT2D eigenvalue weighted by atomic mass is 16.5. The topological polar surface area (TPSA) is 73.6 Å². The van der Waals surface area contributed by atoms with Crippen LogP contribution in [0.5, 0.6) is 0 Å². The minimum absolute atomic E-state index is 0.124. The predicted octanol–water partition coefficient (Wildman–Crippen LogP) is 0.590. The molecule has 0 aliphatic carbocycles. The fourth-order valence-corrected chi connectivity index (χ4v) is 1.03. The van der Waals surface area contributed by atoms with E-state index in [2.05, 4.69) is 12.3 Å². The molecule has 3 N–H and O–H groups in total. The van der Waals surface area contributed by atoms with Crippen molar-refractivity contribution in [2.24, 2.45) is 5.84 Å². The summed E-state index contributed by atoms with van der Waals surface area (Å²) in [5.41, 5.74) is 2.09. The van der Waals surface area contributed by atoms with E-state index in [1.165, 1.54) is 0 Å². The maximum absolute atomic E-state index is 10.7. The van der Waals surface area contributed by atoms with E-state index < -0.39 is 0 Å². The van der Waals surface area contributed by atoms with Gasteiger partial charge in [-0.1, -0.05) is 6.92 Å². The molecule has 15 heavy (non-hydrogen) atoms. The van der Waals surface area contributed by atoms with Crippen LogP contribution in [0.3, 0.4) is 0 Å². The molecule has 0 saturated heterocycles. The monoisotopic (exact) mass is 218 g/mol. The van der Waals surface area contributed by atoms with Crippen LogP contribution in [0.1, 0.15) is 32.6 Å². The molecule has 0 aromatic carbocycles. The van der Waals surface area contributed by atoms with Crippen molar-refractivity contribution in [1.29, 1.82) is 0 Å². The minimum atomic E-state index is -0.124. The van der Waals surface area contributed by atoms with E-state index in [1.54, 1.807) is 0 Å². The summed E-state index contributed by atoms with van der Waals surface area (Å²) in [7, 11) is 0. The van der Waals surface area contributed by atoms with Gasteiger partial charge in [0.2, 0.25) is 5.91 Å². The molecule has 0 atom stereocenters. The molecule has 5 nitrogen and oxygen atoms in total. The smallest absolute Gasteiger partial charge is 0.233 e. The Balaban J connectivity index is 2.95. The fourth-order valence-electron chi connectivity index (χ4n) is 1.03. The standard InChI is InChI=1S/C10H22N2O3/c1-2-6-14-8-9-15-7-4-3-5-10(13)12-11/h2-9,11H2,1H3,(H,12,13). The maximum Gasteiger partial charge on any atom is 0.233 e. The quantitative estimate of drug-likeness (QED) is 0.243. The van der Waals surface area contributed by atoms with Crippen LogP contribution in [0.4, 0.5) is 0 Å². The number of hydrazine groups is 1. The zero-order valence-electron chi connectivity index (χ0n) is 9.46. The van der Waals surface area contributed by atoms with Gasteiger partial charge in [-0.2, -0.15) is 0 Å². The fraction of sp³-hybridized carbons (Fsp3) is 0.900. The van der Waals surface area contributed by atoms with Crippen LogP contribution in [0.25, 0.3) is 0 Å². The van der Waals surface area contributed by atoms with Gasteiger partial charge in [0.15, 0.2) is 0 Å². The van der Waals surface area contributed by atoms with Gasteiger partial charge < -0.3 is 9.47 Å². The number of unbranched alkanes of at least 4 members (excludes halogenated alkanes) is 1. The Labute approximate surface area is 91.3 Å². The van der Waals surface area contributed by atoms with E-state index in [0.717, 1.165) is 25.9 Å². The van der Waals surface area contributed by atoms with E-state index in [0.29, 0.717) is 26.2 Å². The second-order valence-electron chi connectivity index (χ2n) is 3.25. The highest BCUT2D eigenvalue weighted by Crippen LogP contribution is 1.95. The van der Waals surface area contributed by atoms with Crippen molar-refractivity contribution in [3.8, 4) is 0 Å². The van der Waals surface area contributed by atoms with Gasteiger partial charge in [-0.3, -0.25) is 10.2 Å². The zero-order chi connectivity index (χ0) is 11.4. The van der Waals surface area contributed by atoms with Gasteiger partial charge in [-0.05, 0) is 19.3 Å². The molecule has 0 radical (unpaired) electrons. The number of carbonyl (C=O) groups is 1. The average Bonchev–Trinajstić information content (AvgIpc) is 2.26. The molecule has 5 heteroatoms. The third-order valence-electron chi connectivity index (χ3n) is 1.82. The maximum atomic E-state index is 10.7. The Hall–Kier alpha value is -0.650. The van der Waals surface area contributed by atoms with Gasteiger partial charge in [0.25, 0.3) is 0 Å². The summed E-state index contributed by atoms with van der Waals surface area (Å²) in [6.07, 6.45) is 3.18. The van der Waals surface area contributed by atoms with Crippen LogP contribution in [0.2, 0.25) is 0 Å². The molecular weight excluding hydrogens is 196 g/mol. The average molecular weight is 218 g/mol. The number of amides is 1. The van der Waals surface area contributed by atoms with Crippen LogP contribution in [-0.4, -0.2) is 32.3 Å². The highest BCUT2D eigenvalue weighted by Gasteiger charge is 1.97. The summed E-state index contributed by atoms with van der Waals surface area (Å²) in [4.78, 5) is 10.7. The van der Waals surface area contributed by atoms with Gasteiger partial charge in [0.1, 0.15) is 0 Å². The largest absolute Gasteiger partial charge is 0.379 e. The summed E-state index contributed by atoms with van der Waals surface area (Å²) in [5.74, 6) is 4.81. The number of nitrogens with two attached hydrogens (primary N) is 1. The molecule has 0 aliphatic rings. The van der Waals surface area contributed by atoms with Gasteiger partial charge in [0.05, 0.1) is 13.2 Å². The lowest BCUT2D eigenvalue weighted by Gasteiger charge is -2.04. The molecule has 0 heterocycles. The number of hydrogen-bond acceptors (Lipinski definition) is 4. The molecule has 0 saturated carbocycles. The predicted molar refractivity (Wildman–Crippen MR) is 58.1 cm³/mol. The van der Waals surface area contributed by atoms with Gasteiger partial charge >= 0.3 is 0 Å². The minimum Gasteiger partial charge on any atom is -0.379 e. The lowest BCUT2D eigenvalue weighted by molar-refractivity contribution is -0.121. The summed E-state index contributed by atoms with van der Waals surface area (Å²) in [5, 5.41) is 0. The van der Waals surface area contributed by atoms with Crippen molar-refractivity contribution in [2.75, 3.05) is 26.4 Å². The van der Waals surface area contributed by atoms with Gasteiger partial charge in [-0.25, -0.2) is 5.84 Å². The third-order valence-corrected chi connectivity index (χ3v) is 1.82. The van der Waals surface area contributed by atoms with Crippen molar-refractivity contribution in [3.63, 3.8) is 0 Å². The molecule has 0 spiro atoms.